The Labute approximate surface area is 164 Å². The topological polar surface area (TPSA) is 59.4 Å². The van der Waals surface area contributed by atoms with E-state index in [0.717, 1.165) is 17.9 Å². The minimum absolute atomic E-state index is 0. The molecule has 0 radical (unpaired) electrons. The Morgan fingerprint density at radius 1 is 1.46 bits per heavy atom. The van der Waals surface area contributed by atoms with Crippen LogP contribution in [0.3, 0.4) is 0 Å². The number of ether oxygens (including phenoxy) is 1. The van der Waals surface area contributed by atoms with Crippen LogP contribution in [0.2, 0.25) is 5.02 Å². The van der Waals surface area contributed by atoms with Crippen molar-refractivity contribution in [2.24, 2.45) is 7.05 Å². The lowest BCUT2D eigenvalue weighted by atomic mass is 10.1. The second kappa shape index (κ2) is 8.75. The van der Waals surface area contributed by atoms with Gasteiger partial charge in [-0.25, -0.2) is 4.98 Å². The molecule has 2 atom stereocenters. The fraction of sp³-hybridized carbons (Fsp3) is 0.444. The van der Waals surface area contributed by atoms with Crippen LogP contribution in [0.5, 0.6) is 5.75 Å². The molecule has 1 aliphatic heterocycles. The van der Waals surface area contributed by atoms with Gasteiger partial charge in [-0.3, -0.25) is 4.79 Å². The van der Waals surface area contributed by atoms with Crippen LogP contribution in [0, 0.1) is 6.92 Å². The van der Waals surface area contributed by atoms with Gasteiger partial charge in [0.2, 0.25) is 0 Å². The predicted octanol–water partition coefficient (Wildman–Crippen LogP) is 2.74. The van der Waals surface area contributed by atoms with E-state index in [4.69, 9.17) is 16.3 Å². The molecule has 0 bridgehead atoms. The van der Waals surface area contributed by atoms with E-state index in [9.17, 15) is 4.79 Å². The fourth-order valence-electron chi connectivity index (χ4n) is 3.12. The van der Waals surface area contributed by atoms with Crippen LogP contribution in [0.15, 0.2) is 30.6 Å². The third-order valence-corrected chi connectivity index (χ3v) is 4.71. The normalized spacial score (nSPS) is 18.2. The van der Waals surface area contributed by atoms with Crippen LogP contribution < -0.4 is 10.1 Å². The van der Waals surface area contributed by atoms with E-state index in [0.29, 0.717) is 23.9 Å². The number of imidazole rings is 1. The summed E-state index contributed by atoms with van der Waals surface area (Å²) in [7, 11) is 1.94. The summed E-state index contributed by atoms with van der Waals surface area (Å²) in [5, 5.41) is 3.99. The molecule has 1 aromatic heterocycles. The highest BCUT2D eigenvalue weighted by molar-refractivity contribution is 6.30. The number of aromatic nitrogens is 2. The average Bonchev–Trinajstić information content (AvgIpc) is 3.02. The molecule has 1 amide bonds. The summed E-state index contributed by atoms with van der Waals surface area (Å²) in [4.78, 5) is 19.3. The zero-order valence-electron chi connectivity index (χ0n) is 15.1. The Morgan fingerprint density at radius 2 is 2.23 bits per heavy atom. The largest absolute Gasteiger partial charge is 0.481 e. The van der Waals surface area contributed by atoms with Crippen LogP contribution in [0.4, 0.5) is 0 Å². The van der Waals surface area contributed by atoms with Crippen LogP contribution >= 0.6 is 24.0 Å². The zero-order chi connectivity index (χ0) is 18.0. The van der Waals surface area contributed by atoms with Crippen molar-refractivity contribution >= 4 is 29.9 Å². The summed E-state index contributed by atoms with van der Waals surface area (Å²) in [5.41, 5.74) is 0.910. The number of halogens is 2. The molecule has 0 aliphatic carbocycles. The summed E-state index contributed by atoms with van der Waals surface area (Å²) in [5.74, 6) is 1.51. The molecule has 1 saturated heterocycles. The highest BCUT2D eigenvalue weighted by atomic mass is 35.5. The number of aryl methyl sites for hydroxylation is 2. The van der Waals surface area contributed by atoms with Crippen molar-refractivity contribution in [3.05, 3.63) is 47.0 Å². The monoisotopic (exact) mass is 398 g/mol. The number of carbonyl (C=O) groups excluding carboxylic acids is 1. The highest BCUT2D eigenvalue weighted by Gasteiger charge is 2.33. The molecule has 8 heteroatoms. The second-order valence-corrected chi connectivity index (χ2v) is 6.75. The first kappa shape index (κ1) is 20.6. The third-order valence-electron chi connectivity index (χ3n) is 4.47. The Balaban J connectivity index is 0.00000243. The molecule has 2 aromatic rings. The number of piperazine rings is 1. The van der Waals surface area contributed by atoms with Gasteiger partial charge in [-0.15, -0.1) is 12.4 Å². The number of amides is 1. The number of nitrogens with one attached hydrogen (secondary N) is 1. The Hall–Kier alpha value is -1.76. The third kappa shape index (κ3) is 4.31. The second-order valence-electron chi connectivity index (χ2n) is 6.32. The van der Waals surface area contributed by atoms with Crippen molar-refractivity contribution in [2.75, 3.05) is 19.6 Å². The zero-order valence-corrected chi connectivity index (χ0v) is 16.7. The maximum atomic E-state index is 13.0. The summed E-state index contributed by atoms with van der Waals surface area (Å²) >= 11 is 5.98. The molecule has 1 aliphatic rings. The van der Waals surface area contributed by atoms with Crippen molar-refractivity contribution in [1.29, 1.82) is 0 Å². The van der Waals surface area contributed by atoms with E-state index in [1.165, 1.54) is 0 Å². The van der Waals surface area contributed by atoms with Gasteiger partial charge in [0.25, 0.3) is 5.91 Å². The number of benzene rings is 1. The summed E-state index contributed by atoms with van der Waals surface area (Å²) in [6.45, 7) is 5.78. The molecule has 3 rings (SSSR count). The first-order valence-electron chi connectivity index (χ1n) is 8.38. The van der Waals surface area contributed by atoms with Gasteiger partial charge in [0, 0.05) is 44.1 Å². The molecular formula is C18H24Cl2N4O2. The van der Waals surface area contributed by atoms with E-state index >= 15 is 0 Å². The minimum atomic E-state index is -0.583. The summed E-state index contributed by atoms with van der Waals surface area (Å²) in [6, 6.07) is 5.30. The van der Waals surface area contributed by atoms with E-state index in [1.54, 1.807) is 25.3 Å². The number of hydrogen-bond acceptors (Lipinski definition) is 4. The van der Waals surface area contributed by atoms with Gasteiger partial charge in [0.1, 0.15) is 17.6 Å². The highest BCUT2D eigenvalue weighted by Crippen LogP contribution is 2.25. The maximum absolute atomic E-state index is 13.0. The molecule has 0 saturated carbocycles. The number of carbonyl (C=O) groups is 1. The molecule has 2 heterocycles. The van der Waals surface area contributed by atoms with Gasteiger partial charge in [-0.05, 0) is 37.6 Å². The van der Waals surface area contributed by atoms with Crippen LogP contribution in [-0.2, 0) is 11.8 Å². The fourth-order valence-corrected chi connectivity index (χ4v) is 3.34. The molecule has 1 N–H and O–H groups in total. The molecular weight excluding hydrogens is 375 g/mol. The lowest BCUT2D eigenvalue weighted by molar-refractivity contribution is -0.141. The first-order valence-corrected chi connectivity index (χ1v) is 8.76. The quantitative estimate of drug-likeness (QED) is 0.859. The summed E-state index contributed by atoms with van der Waals surface area (Å²) in [6.07, 6.45) is 3.06. The van der Waals surface area contributed by atoms with E-state index in [2.05, 4.69) is 10.3 Å². The smallest absolute Gasteiger partial charge is 0.264 e. The number of rotatable bonds is 4. The van der Waals surface area contributed by atoms with E-state index < -0.39 is 6.10 Å². The van der Waals surface area contributed by atoms with Crippen LogP contribution in [0.25, 0.3) is 0 Å². The molecule has 6 nitrogen and oxygen atoms in total. The van der Waals surface area contributed by atoms with Crippen molar-refractivity contribution in [2.45, 2.75) is 26.0 Å². The number of nitrogens with zero attached hydrogens (tertiary/aromatic N) is 3. The maximum Gasteiger partial charge on any atom is 0.264 e. The van der Waals surface area contributed by atoms with Crippen molar-refractivity contribution in [3.8, 4) is 5.75 Å². The van der Waals surface area contributed by atoms with Gasteiger partial charge in [0.15, 0.2) is 6.10 Å². The lowest BCUT2D eigenvalue weighted by Gasteiger charge is -2.37. The van der Waals surface area contributed by atoms with E-state index in [-0.39, 0.29) is 24.4 Å². The lowest BCUT2D eigenvalue weighted by Crippen LogP contribution is -2.52. The predicted molar refractivity (Wildman–Crippen MR) is 104 cm³/mol. The van der Waals surface area contributed by atoms with Crippen molar-refractivity contribution < 1.29 is 9.53 Å². The van der Waals surface area contributed by atoms with Gasteiger partial charge in [-0.1, -0.05) is 11.6 Å². The van der Waals surface area contributed by atoms with Gasteiger partial charge < -0.3 is 19.5 Å². The van der Waals surface area contributed by atoms with E-state index in [1.807, 2.05) is 35.7 Å². The summed E-state index contributed by atoms with van der Waals surface area (Å²) < 4.78 is 7.86. The molecule has 1 fully saturated rings. The average molecular weight is 399 g/mol. The Bertz CT molecular complexity index is 765. The van der Waals surface area contributed by atoms with Crippen LogP contribution in [0.1, 0.15) is 24.4 Å². The first-order chi connectivity index (χ1) is 12.0. The number of hydrogen-bond donors (Lipinski definition) is 1. The SMILES string of the molecule is Cc1cc(Cl)ccc1OC(C)C(=O)N1CCNCC1c1nccn1C.Cl. The van der Waals surface area contributed by atoms with Gasteiger partial charge in [0.05, 0.1) is 0 Å². The molecule has 142 valence electrons. The molecule has 1 aromatic carbocycles. The van der Waals surface area contributed by atoms with Crippen molar-refractivity contribution in [1.82, 2.24) is 19.8 Å². The standard InChI is InChI=1S/C18H23ClN4O2.ClH/c1-12-10-14(19)4-5-16(12)25-13(2)18(24)23-9-6-20-11-15(23)17-21-7-8-22(17)3;/h4-5,7-8,10,13,15,20H,6,9,11H2,1-3H3;1H. The Kier molecular flexibility index (Phi) is 6.92. The van der Waals surface area contributed by atoms with Crippen LogP contribution in [-0.4, -0.2) is 46.1 Å². The molecule has 0 spiro atoms. The van der Waals surface area contributed by atoms with Gasteiger partial charge >= 0.3 is 0 Å². The van der Waals surface area contributed by atoms with Gasteiger partial charge in [-0.2, -0.15) is 0 Å². The molecule has 26 heavy (non-hydrogen) atoms. The van der Waals surface area contributed by atoms with Crippen molar-refractivity contribution in [3.63, 3.8) is 0 Å². The molecule has 2 unspecified atom stereocenters. The Morgan fingerprint density at radius 3 is 2.88 bits per heavy atom. The minimum Gasteiger partial charge on any atom is -0.481 e.